The molecule has 2 amide bonds. The zero-order valence-corrected chi connectivity index (χ0v) is 20.0. The molecule has 4 aromatic rings. The number of hydrogen-bond donors (Lipinski definition) is 0. The van der Waals surface area contributed by atoms with Crippen LogP contribution in [-0.2, 0) is 13.1 Å². The summed E-state index contributed by atoms with van der Waals surface area (Å²) >= 11 is 1.49. The quantitative estimate of drug-likeness (QED) is 0.330. The maximum atomic E-state index is 13.9. The van der Waals surface area contributed by atoms with E-state index in [0.29, 0.717) is 28.9 Å². The van der Waals surface area contributed by atoms with Crippen LogP contribution in [0.2, 0.25) is 0 Å². The molecule has 5 rings (SSSR count). The third-order valence-electron chi connectivity index (χ3n) is 5.92. The fourth-order valence-electron chi connectivity index (χ4n) is 4.18. The summed E-state index contributed by atoms with van der Waals surface area (Å²) in [6.07, 6.45) is 0. The van der Waals surface area contributed by atoms with Crippen LogP contribution in [0.3, 0.4) is 0 Å². The molecule has 1 aliphatic rings. The molecule has 0 atom stereocenters. The standard InChI is InChI=1S/C29H23FN2O2S/c1-31(18-20-8-3-2-4-9-20)28(33)22-14-15-27-25(17-22)32(19-21-10-7-11-23(30)16-21)29(34)24-12-5-6-13-26(24)35-27/h2-17H,18-19H2,1H3. The minimum absolute atomic E-state index is 0.137. The van der Waals surface area contributed by atoms with Gasteiger partial charge in [0.25, 0.3) is 11.8 Å². The fraction of sp³-hybridized carbons (Fsp3) is 0.103. The van der Waals surface area contributed by atoms with Gasteiger partial charge in [-0.3, -0.25) is 9.59 Å². The van der Waals surface area contributed by atoms with Crippen LogP contribution in [0.1, 0.15) is 31.8 Å². The van der Waals surface area contributed by atoms with Crippen molar-refractivity contribution in [1.29, 1.82) is 0 Å². The van der Waals surface area contributed by atoms with Crippen molar-refractivity contribution in [3.05, 3.63) is 125 Å². The number of halogens is 1. The third kappa shape index (κ3) is 4.84. The van der Waals surface area contributed by atoms with E-state index in [1.165, 1.54) is 23.9 Å². The van der Waals surface area contributed by atoms with Crippen molar-refractivity contribution in [1.82, 2.24) is 4.90 Å². The Morgan fingerprint density at radius 3 is 2.40 bits per heavy atom. The summed E-state index contributed by atoms with van der Waals surface area (Å²) in [7, 11) is 1.77. The Labute approximate surface area is 208 Å². The van der Waals surface area contributed by atoms with Crippen LogP contribution in [0.4, 0.5) is 10.1 Å². The second-order valence-corrected chi connectivity index (χ2v) is 9.53. The first-order chi connectivity index (χ1) is 17.0. The number of fused-ring (bicyclic) bond motifs is 2. The molecule has 1 aliphatic heterocycles. The number of nitrogens with zero attached hydrogens (tertiary/aromatic N) is 2. The molecule has 0 unspecified atom stereocenters. The van der Waals surface area contributed by atoms with E-state index >= 15 is 0 Å². The lowest BCUT2D eigenvalue weighted by Gasteiger charge is -2.24. The molecule has 4 nitrogen and oxygen atoms in total. The maximum absolute atomic E-state index is 13.9. The second-order valence-electron chi connectivity index (χ2n) is 8.45. The average Bonchev–Trinajstić information content (AvgIpc) is 2.98. The first kappa shape index (κ1) is 22.9. The summed E-state index contributed by atoms with van der Waals surface area (Å²) in [6.45, 7) is 0.666. The lowest BCUT2D eigenvalue weighted by atomic mass is 10.1. The van der Waals surface area contributed by atoms with Crippen LogP contribution in [0.5, 0.6) is 0 Å². The van der Waals surface area contributed by atoms with Gasteiger partial charge in [0.15, 0.2) is 0 Å². The van der Waals surface area contributed by atoms with Crippen molar-refractivity contribution in [3.63, 3.8) is 0 Å². The molecule has 0 N–H and O–H groups in total. The molecule has 0 saturated carbocycles. The van der Waals surface area contributed by atoms with Crippen LogP contribution >= 0.6 is 11.8 Å². The van der Waals surface area contributed by atoms with Gasteiger partial charge in [-0.2, -0.15) is 0 Å². The Morgan fingerprint density at radius 2 is 1.60 bits per heavy atom. The lowest BCUT2D eigenvalue weighted by molar-refractivity contribution is 0.0784. The maximum Gasteiger partial charge on any atom is 0.259 e. The van der Waals surface area contributed by atoms with Crippen LogP contribution in [0.15, 0.2) is 107 Å². The highest BCUT2D eigenvalue weighted by atomic mass is 32.2. The average molecular weight is 483 g/mol. The van der Waals surface area contributed by atoms with E-state index in [1.54, 1.807) is 47.2 Å². The number of carbonyl (C=O) groups excluding carboxylic acids is 2. The van der Waals surface area contributed by atoms with Crippen molar-refractivity contribution >= 4 is 29.3 Å². The van der Waals surface area contributed by atoms with Crippen LogP contribution in [0, 0.1) is 5.82 Å². The van der Waals surface area contributed by atoms with E-state index in [4.69, 9.17) is 0 Å². The molecule has 0 saturated heterocycles. The van der Waals surface area contributed by atoms with Gasteiger partial charge in [0.05, 0.1) is 17.8 Å². The van der Waals surface area contributed by atoms with E-state index in [9.17, 15) is 14.0 Å². The van der Waals surface area contributed by atoms with E-state index in [-0.39, 0.29) is 24.2 Å². The van der Waals surface area contributed by atoms with Crippen molar-refractivity contribution in [2.45, 2.75) is 22.9 Å². The third-order valence-corrected chi connectivity index (χ3v) is 7.06. The first-order valence-corrected chi connectivity index (χ1v) is 12.1. The van der Waals surface area contributed by atoms with Gasteiger partial charge in [-0.15, -0.1) is 0 Å². The number of benzene rings is 4. The van der Waals surface area contributed by atoms with Gasteiger partial charge < -0.3 is 9.80 Å². The predicted molar refractivity (Wildman–Crippen MR) is 136 cm³/mol. The first-order valence-electron chi connectivity index (χ1n) is 11.3. The fourth-order valence-corrected chi connectivity index (χ4v) is 5.24. The van der Waals surface area contributed by atoms with Crippen molar-refractivity contribution in [3.8, 4) is 0 Å². The summed E-state index contributed by atoms with van der Waals surface area (Å²) < 4.78 is 13.9. The molecule has 0 radical (unpaired) electrons. The molecule has 35 heavy (non-hydrogen) atoms. The molecular formula is C29H23FN2O2S. The summed E-state index contributed by atoms with van der Waals surface area (Å²) in [5, 5.41) is 0. The Balaban J connectivity index is 1.53. The van der Waals surface area contributed by atoms with Gasteiger partial charge in [0, 0.05) is 28.9 Å². The Bertz CT molecular complexity index is 1410. The van der Waals surface area contributed by atoms with E-state index in [0.717, 1.165) is 15.4 Å². The van der Waals surface area contributed by atoms with Crippen LogP contribution in [0.25, 0.3) is 0 Å². The lowest BCUT2D eigenvalue weighted by Crippen LogP contribution is -2.31. The van der Waals surface area contributed by atoms with Gasteiger partial charge >= 0.3 is 0 Å². The molecule has 1 heterocycles. The zero-order valence-electron chi connectivity index (χ0n) is 19.1. The highest BCUT2D eigenvalue weighted by Gasteiger charge is 2.28. The molecular weight excluding hydrogens is 459 g/mol. The Hall–Kier alpha value is -3.90. The SMILES string of the molecule is CN(Cc1ccccc1)C(=O)c1ccc2c(c1)N(Cc1cccc(F)c1)C(=O)c1ccccc1S2. The predicted octanol–water partition coefficient (Wildman–Crippen LogP) is 6.41. The van der Waals surface area contributed by atoms with Gasteiger partial charge in [-0.05, 0) is 53.6 Å². The molecule has 4 aromatic carbocycles. The molecule has 0 aliphatic carbocycles. The van der Waals surface area contributed by atoms with Crippen molar-refractivity contribution in [2.75, 3.05) is 11.9 Å². The normalized spacial score (nSPS) is 12.5. The molecule has 0 bridgehead atoms. The van der Waals surface area contributed by atoms with Gasteiger partial charge in [0.1, 0.15) is 5.82 Å². The highest BCUT2D eigenvalue weighted by Crippen LogP contribution is 2.42. The number of rotatable bonds is 5. The summed E-state index contributed by atoms with van der Waals surface area (Å²) in [5.74, 6) is -0.675. The second kappa shape index (κ2) is 9.76. The summed E-state index contributed by atoms with van der Waals surface area (Å²) in [6, 6.07) is 28.9. The van der Waals surface area contributed by atoms with E-state index in [2.05, 4.69) is 0 Å². The van der Waals surface area contributed by atoms with Gasteiger partial charge in [-0.1, -0.05) is 66.4 Å². The minimum Gasteiger partial charge on any atom is -0.337 e. The van der Waals surface area contributed by atoms with Crippen LogP contribution < -0.4 is 4.90 Å². The number of anilines is 1. The molecule has 0 fully saturated rings. The smallest absolute Gasteiger partial charge is 0.259 e. The van der Waals surface area contributed by atoms with Gasteiger partial charge in [-0.25, -0.2) is 4.39 Å². The Morgan fingerprint density at radius 1 is 0.857 bits per heavy atom. The van der Waals surface area contributed by atoms with Crippen molar-refractivity contribution < 1.29 is 14.0 Å². The number of hydrogen-bond acceptors (Lipinski definition) is 3. The molecule has 0 spiro atoms. The van der Waals surface area contributed by atoms with Crippen molar-refractivity contribution in [2.24, 2.45) is 0 Å². The van der Waals surface area contributed by atoms with E-state index in [1.807, 2.05) is 54.6 Å². The summed E-state index contributed by atoms with van der Waals surface area (Å²) in [4.78, 5) is 32.0. The molecule has 6 heteroatoms. The number of carbonyl (C=O) groups is 2. The zero-order chi connectivity index (χ0) is 24.4. The number of amides is 2. The molecule has 0 aromatic heterocycles. The van der Waals surface area contributed by atoms with Crippen LogP contribution in [-0.4, -0.2) is 23.8 Å². The van der Waals surface area contributed by atoms with Gasteiger partial charge in [0.2, 0.25) is 0 Å². The largest absolute Gasteiger partial charge is 0.337 e. The Kier molecular flexibility index (Phi) is 6.38. The molecule has 174 valence electrons. The monoisotopic (exact) mass is 482 g/mol. The topological polar surface area (TPSA) is 40.6 Å². The minimum atomic E-state index is -0.355. The summed E-state index contributed by atoms with van der Waals surface area (Å²) in [5.41, 5.74) is 3.42. The van der Waals surface area contributed by atoms with E-state index < -0.39 is 0 Å². The highest BCUT2D eigenvalue weighted by molar-refractivity contribution is 7.99.